The van der Waals surface area contributed by atoms with E-state index in [4.69, 9.17) is 4.74 Å². The normalized spacial score (nSPS) is 17.0. The lowest BCUT2D eigenvalue weighted by Crippen LogP contribution is -2.25. The number of para-hydroxylation sites is 1. The third-order valence-corrected chi connectivity index (χ3v) is 3.46. The summed E-state index contributed by atoms with van der Waals surface area (Å²) in [5, 5.41) is 0.966. The molecule has 0 saturated heterocycles. The summed E-state index contributed by atoms with van der Waals surface area (Å²) in [5.74, 6) is 0.0211. The summed E-state index contributed by atoms with van der Waals surface area (Å²) >= 11 is 0. The van der Waals surface area contributed by atoms with Crippen LogP contribution >= 0.6 is 0 Å². The number of rotatable bonds is 0. The van der Waals surface area contributed by atoms with E-state index in [1.54, 1.807) is 12.2 Å². The first kappa shape index (κ1) is 11.1. The summed E-state index contributed by atoms with van der Waals surface area (Å²) in [6.07, 6.45) is 3.41. The molecule has 1 aromatic heterocycles. The van der Waals surface area contributed by atoms with Crippen molar-refractivity contribution in [1.82, 2.24) is 4.98 Å². The molecule has 4 nitrogen and oxygen atoms in total. The maximum atomic E-state index is 11.9. The molecule has 0 saturated carbocycles. The third kappa shape index (κ3) is 1.51. The van der Waals surface area contributed by atoms with Crippen molar-refractivity contribution in [1.29, 1.82) is 0 Å². The zero-order valence-corrected chi connectivity index (χ0v) is 10.4. The van der Waals surface area contributed by atoms with Gasteiger partial charge < -0.3 is 4.74 Å². The molecule has 0 spiro atoms. The molecule has 1 aromatic carbocycles. The standard InChI is InChI=1S/C16H9NO3/c18-13-5-6-14-11(15(13)19)8-10-7-9-3-1-2-4-12(9)17-16(10)20-14/h1-4,6-8H,5H2. The molecule has 4 heteroatoms. The van der Waals surface area contributed by atoms with E-state index in [9.17, 15) is 9.59 Å². The van der Waals surface area contributed by atoms with E-state index in [0.717, 1.165) is 16.5 Å². The highest BCUT2D eigenvalue weighted by Crippen LogP contribution is 2.34. The number of hydrogen-bond acceptors (Lipinski definition) is 4. The molecule has 20 heavy (non-hydrogen) atoms. The van der Waals surface area contributed by atoms with Gasteiger partial charge in [0, 0.05) is 17.4 Å². The highest BCUT2D eigenvalue weighted by Gasteiger charge is 2.31. The number of hydrogen-bond donors (Lipinski definition) is 0. The minimum atomic E-state index is -0.485. The van der Waals surface area contributed by atoms with Crippen LogP contribution in [0.1, 0.15) is 12.0 Å². The Hall–Kier alpha value is -2.75. The highest BCUT2D eigenvalue weighted by molar-refractivity contribution is 6.46. The van der Waals surface area contributed by atoms with Gasteiger partial charge in [0.2, 0.25) is 17.4 Å². The molecule has 0 radical (unpaired) electrons. The fourth-order valence-electron chi connectivity index (χ4n) is 2.44. The Bertz CT molecular complexity index is 846. The van der Waals surface area contributed by atoms with Gasteiger partial charge in [-0.2, -0.15) is 0 Å². The SMILES string of the molecule is O=C1CC=C2Oc3nc4ccccc4cc3C=C2C1=O. The Morgan fingerprint density at radius 3 is 2.90 bits per heavy atom. The van der Waals surface area contributed by atoms with Crippen molar-refractivity contribution in [3.63, 3.8) is 0 Å². The average Bonchev–Trinajstić information content (AvgIpc) is 2.47. The predicted molar refractivity (Wildman–Crippen MR) is 73.1 cm³/mol. The quantitative estimate of drug-likeness (QED) is 0.685. The van der Waals surface area contributed by atoms with Gasteiger partial charge in [-0.1, -0.05) is 18.2 Å². The van der Waals surface area contributed by atoms with Crippen LogP contribution in [-0.2, 0) is 9.59 Å². The van der Waals surface area contributed by atoms with Crippen LogP contribution in [0.4, 0.5) is 0 Å². The molecule has 96 valence electrons. The number of fused-ring (bicyclic) bond motifs is 3. The fourth-order valence-corrected chi connectivity index (χ4v) is 2.44. The lowest BCUT2D eigenvalue weighted by atomic mass is 9.94. The molecule has 4 rings (SSSR count). The lowest BCUT2D eigenvalue weighted by molar-refractivity contribution is -0.134. The summed E-state index contributed by atoms with van der Waals surface area (Å²) in [4.78, 5) is 27.8. The van der Waals surface area contributed by atoms with Crippen LogP contribution in [0, 0.1) is 0 Å². The van der Waals surface area contributed by atoms with E-state index in [-0.39, 0.29) is 6.42 Å². The van der Waals surface area contributed by atoms with Crippen LogP contribution < -0.4 is 4.74 Å². The zero-order chi connectivity index (χ0) is 13.7. The average molecular weight is 263 g/mol. The predicted octanol–water partition coefficient (Wildman–Crippen LogP) is 2.44. The molecule has 0 atom stereocenters. The maximum absolute atomic E-state index is 11.9. The Balaban J connectivity index is 1.96. The number of allylic oxidation sites excluding steroid dienone is 2. The molecule has 0 bridgehead atoms. The first-order chi connectivity index (χ1) is 9.72. The van der Waals surface area contributed by atoms with Gasteiger partial charge in [-0.15, -0.1) is 0 Å². The molecule has 0 unspecified atom stereocenters. The summed E-state index contributed by atoms with van der Waals surface area (Å²) in [6, 6.07) is 9.60. The van der Waals surface area contributed by atoms with Crippen molar-refractivity contribution in [3.05, 3.63) is 53.3 Å². The number of ketones is 2. The topological polar surface area (TPSA) is 56.3 Å². The minimum absolute atomic E-state index is 0.0917. The van der Waals surface area contributed by atoms with E-state index in [1.807, 2.05) is 30.3 Å². The van der Waals surface area contributed by atoms with E-state index in [1.165, 1.54) is 0 Å². The number of carbonyl (C=O) groups excluding carboxylic acids is 2. The van der Waals surface area contributed by atoms with E-state index in [2.05, 4.69) is 4.98 Å². The molecular weight excluding hydrogens is 254 g/mol. The van der Waals surface area contributed by atoms with Crippen LogP contribution in [0.25, 0.3) is 17.0 Å². The molecule has 0 N–H and O–H groups in total. The van der Waals surface area contributed by atoms with E-state index < -0.39 is 11.6 Å². The highest BCUT2D eigenvalue weighted by atomic mass is 16.5. The third-order valence-electron chi connectivity index (χ3n) is 3.46. The first-order valence-corrected chi connectivity index (χ1v) is 6.30. The Morgan fingerprint density at radius 1 is 1.15 bits per heavy atom. The molecule has 2 aliphatic rings. The van der Waals surface area contributed by atoms with Gasteiger partial charge in [-0.25, -0.2) is 4.98 Å². The summed E-state index contributed by atoms with van der Waals surface area (Å²) in [5.41, 5.74) is 1.88. The van der Waals surface area contributed by atoms with Gasteiger partial charge in [-0.3, -0.25) is 9.59 Å². The summed E-state index contributed by atoms with van der Waals surface area (Å²) in [7, 11) is 0. The van der Waals surface area contributed by atoms with Gasteiger partial charge in [0.1, 0.15) is 5.76 Å². The molecular formula is C16H9NO3. The van der Waals surface area contributed by atoms with Gasteiger partial charge in [-0.05, 0) is 24.3 Å². The number of benzene rings is 1. The molecule has 2 aromatic rings. The number of pyridine rings is 1. The Kier molecular flexibility index (Phi) is 2.15. The Morgan fingerprint density at radius 2 is 2.00 bits per heavy atom. The van der Waals surface area contributed by atoms with Gasteiger partial charge in [0.15, 0.2) is 0 Å². The minimum Gasteiger partial charge on any atom is -0.438 e. The van der Waals surface area contributed by atoms with Gasteiger partial charge in [0.05, 0.1) is 11.1 Å². The van der Waals surface area contributed by atoms with Crippen LogP contribution in [0.15, 0.2) is 47.7 Å². The van der Waals surface area contributed by atoms with Crippen molar-refractivity contribution in [3.8, 4) is 5.88 Å². The second kappa shape index (κ2) is 3.87. The van der Waals surface area contributed by atoms with E-state index in [0.29, 0.717) is 17.2 Å². The van der Waals surface area contributed by atoms with Crippen LogP contribution in [-0.4, -0.2) is 16.6 Å². The number of ether oxygens (including phenoxy) is 1. The second-order valence-corrected chi connectivity index (χ2v) is 4.76. The van der Waals surface area contributed by atoms with Crippen molar-refractivity contribution < 1.29 is 14.3 Å². The number of carbonyl (C=O) groups is 2. The summed E-state index contributed by atoms with van der Waals surface area (Å²) in [6.45, 7) is 0. The Labute approximate surface area is 114 Å². The van der Waals surface area contributed by atoms with Crippen LogP contribution in [0.5, 0.6) is 5.88 Å². The molecule has 1 aliphatic carbocycles. The largest absolute Gasteiger partial charge is 0.438 e. The lowest BCUT2D eigenvalue weighted by Gasteiger charge is -2.21. The smallest absolute Gasteiger partial charge is 0.232 e. The second-order valence-electron chi connectivity index (χ2n) is 4.76. The molecule has 2 heterocycles. The summed E-state index contributed by atoms with van der Waals surface area (Å²) < 4.78 is 5.67. The molecule has 1 aliphatic heterocycles. The number of aromatic nitrogens is 1. The zero-order valence-electron chi connectivity index (χ0n) is 10.4. The number of nitrogens with zero attached hydrogens (tertiary/aromatic N) is 1. The van der Waals surface area contributed by atoms with Crippen LogP contribution in [0.3, 0.4) is 0 Å². The maximum Gasteiger partial charge on any atom is 0.232 e. The van der Waals surface area contributed by atoms with Crippen molar-refractivity contribution in [2.45, 2.75) is 6.42 Å². The molecule has 0 fully saturated rings. The number of Topliss-reactive ketones (excluding diaryl/α,β-unsaturated/α-hetero) is 2. The van der Waals surface area contributed by atoms with Crippen molar-refractivity contribution >= 4 is 28.5 Å². The van der Waals surface area contributed by atoms with Crippen molar-refractivity contribution in [2.75, 3.05) is 0 Å². The van der Waals surface area contributed by atoms with E-state index >= 15 is 0 Å². The first-order valence-electron chi connectivity index (χ1n) is 6.30. The van der Waals surface area contributed by atoms with Gasteiger partial charge in [0.25, 0.3) is 0 Å². The fraction of sp³-hybridized carbons (Fsp3) is 0.0625. The monoisotopic (exact) mass is 263 g/mol. The molecule has 0 amide bonds. The van der Waals surface area contributed by atoms with Gasteiger partial charge >= 0.3 is 0 Å². The van der Waals surface area contributed by atoms with Crippen molar-refractivity contribution in [2.24, 2.45) is 0 Å². The van der Waals surface area contributed by atoms with Crippen LogP contribution in [0.2, 0.25) is 0 Å².